The summed E-state index contributed by atoms with van der Waals surface area (Å²) in [7, 11) is 0. The van der Waals surface area contributed by atoms with Gasteiger partial charge in [0.1, 0.15) is 5.82 Å². The third-order valence-corrected chi connectivity index (χ3v) is 1.80. The molecule has 1 aromatic heterocycles. The summed E-state index contributed by atoms with van der Waals surface area (Å²) in [6, 6.07) is 0.971. The van der Waals surface area contributed by atoms with E-state index >= 15 is 0 Å². The second-order valence-electron chi connectivity index (χ2n) is 2.96. The number of carboxylic acid groups (broad SMARTS) is 1. The lowest BCUT2D eigenvalue weighted by molar-refractivity contribution is -0.137. The van der Waals surface area contributed by atoms with Crippen LogP contribution in [0.15, 0.2) is 12.3 Å². The van der Waals surface area contributed by atoms with E-state index in [9.17, 15) is 9.59 Å². The van der Waals surface area contributed by atoms with Crippen molar-refractivity contribution in [2.45, 2.75) is 19.4 Å². The van der Waals surface area contributed by atoms with Gasteiger partial charge in [-0.25, -0.2) is 9.97 Å². The molecule has 0 aliphatic carbocycles. The van der Waals surface area contributed by atoms with Gasteiger partial charge in [-0.15, -0.1) is 0 Å². The van der Waals surface area contributed by atoms with Crippen LogP contribution in [0.2, 0.25) is 0 Å². The lowest BCUT2D eigenvalue weighted by Gasteiger charge is -2.12. The molecule has 0 aliphatic rings. The summed E-state index contributed by atoms with van der Waals surface area (Å²) in [5.41, 5.74) is 0.497. The highest BCUT2D eigenvalue weighted by atomic mass is 16.4. The van der Waals surface area contributed by atoms with Gasteiger partial charge in [-0.1, -0.05) is 0 Å². The Morgan fingerprint density at radius 1 is 1.73 bits per heavy atom. The molecule has 1 amide bonds. The average Bonchev–Trinajstić information content (AvgIpc) is 2.16. The molecule has 0 spiro atoms. The summed E-state index contributed by atoms with van der Waals surface area (Å²) in [5, 5.41) is 11.0. The molecule has 1 atom stereocenters. The maximum atomic E-state index is 10.5. The molecule has 1 rings (SSSR count). The highest BCUT2D eigenvalue weighted by Crippen LogP contribution is 2.13. The summed E-state index contributed by atoms with van der Waals surface area (Å²) >= 11 is 0. The Hall–Kier alpha value is -1.98. The van der Waals surface area contributed by atoms with Crippen molar-refractivity contribution in [1.82, 2.24) is 15.3 Å². The van der Waals surface area contributed by atoms with Gasteiger partial charge in [0.25, 0.3) is 0 Å². The quantitative estimate of drug-likeness (QED) is 0.668. The van der Waals surface area contributed by atoms with Crippen LogP contribution in [0.25, 0.3) is 0 Å². The fourth-order valence-corrected chi connectivity index (χ4v) is 1.17. The van der Waals surface area contributed by atoms with E-state index in [0.717, 1.165) is 0 Å². The van der Waals surface area contributed by atoms with Gasteiger partial charge >= 0.3 is 5.97 Å². The van der Waals surface area contributed by atoms with E-state index in [1.165, 1.54) is 6.20 Å². The average molecular weight is 209 g/mol. The van der Waals surface area contributed by atoms with Crippen LogP contribution >= 0.6 is 0 Å². The molecule has 0 fully saturated rings. The number of carboxylic acids is 1. The molecule has 0 radical (unpaired) electrons. The molecule has 0 aliphatic heterocycles. The Labute approximate surface area is 86.4 Å². The molecule has 80 valence electrons. The molecule has 0 aromatic carbocycles. The van der Waals surface area contributed by atoms with E-state index in [4.69, 9.17) is 5.11 Å². The van der Waals surface area contributed by atoms with E-state index in [2.05, 4.69) is 15.3 Å². The Balaban J connectivity index is 2.87. The van der Waals surface area contributed by atoms with E-state index in [1.54, 1.807) is 13.0 Å². The summed E-state index contributed by atoms with van der Waals surface area (Å²) in [6.45, 7) is 1.70. The number of nitrogens with zero attached hydrogens (tertiary/aromatic N) is 2. The van der Waals surface area contributed by atoms with E-state index in [-0.39, 0.29) is 6.42 Å². The summed E-state index contributed by atoms with van der Waals surface area (Å²) in [6.07, 6.45) is 1.79. The fraction of sp³-hybridized carbons (Fsp3) is 0.333. The molecule has 0 unspecified atom stereocenters. The second kappa shape index (κ2) is 5.04. The largest absolute Gasteiger partial charge is 0.481 e. The maximum absolute atomic E-state index is 10.5. The van der Waals surface area contributed by atoms with Crippen molar-refractivity contribution in [2.75, 3.05) is 0 Å². The van der Waals surface area contributed by atoms with Crippen molar-refractivity contribution < 1.29 is 14.7 Å². The zero-order chi connectivity index (χ0) is 11.3. The lowest BCUT2D eigenvalue weighted by atomic mass is 10.1. The Morgan fingerprint density at radius 2 is 2.47 bits per heavy atom. The molecular formula is C9H11N3O3. The van der Waals surface area contributed by atoms with Gasteiger partial charge in [-0.05, 0) is 13.0 Å². The van der Waals surface area contributed by atoms with Crippen molar-refractivity contribution >= 4 is 12.4 Å². The molecule has 15 heavy (non-hydrogen) atoms. The maximum Gasteiger partial charge on any atom is 0.305 e. The third-order valence-electron chi connectivity index (χ3n) is 1.80. The van der Waals surface area contributed by atoms with Crippen LogP contribution in [-0.2, 0) is 9.59 Å². The molecule has 2 N–H and O–H groups in total. The van der Waals surface area contributed by atoms with Gasteiger partial charge in [-0.3, -0.25) is 9.59 Å². The van der Waals surface area contributed by atoms with E-state index < -0.39 is 12.0 Å². The van der Waals surface area contributed by atoms with Crippen LogP contribution in [0.4, 0.5) is 0 Å². The Morgan fingerprint density at radius 3 is 3.00 bits per heavy atom. The highest BCUT2D eigenvalue weighted by Gasteiger charge is 2.15. The first-order valence-corrected chi connectivity index (χ1v) is 4.34. The minimum Gasteiger partial charge on any atom is -0.481 e. The number of amides is 1. The SMILES string of the molecule is Cc1nccc([C@H](CC(=O)O)NC=O)n1. The first-order chi connectivity index (χ1) is 7.13. The first kappa shape index (κ1) is 11.1. The summed E-state index contributed by atoms with van der Waals surface area (Å²) in [5.74, 6) is -0.457. The van der Waals surface area contributed by atoms with Crippen molar-refractivity contribution in [3.63, 3.8) is 0 Å². The van der Waals surface area contributed by atoms with Crippen LogP contribution in [0.1, 0.15) is 24.0 Å². The molecule has 6 nitrogen and oxygen atoms in total. The molecule has 1 heterocycles. The fourth-order valence-electron chi connectivity index (χ4n) is 1.17. The molecular weight excluding hydrogens is 198 g/mol. The Kier molecular flexibility index (Phi) is 3.73. The summed E-state index contributed by atoms with van der Waals surface area (Å²) in [4.78, 5) is 28.8. The lowest BCUT2D eigenvalue weighted by Crippen LogP contribution is -2.23. The van der Waals surface area contributed by atoms with Gasteiger partial charge < -0.3 is 10.4 Å². The number of hydrogen-bond acceptors (Lipinski definition) is 4. The predicted molar refractivity (Wildman–Crippen MR) is 51.0 cm³/mol. The third kappa shape index (κ3) is 3.34. The molecule has 1 aromatic rings. The number of nitrogens with one attached hydrogen (secondary N) is 1. The predicted octanol–water partition coefficient (Wildman–Crippen LogP) is 0.0468. The molecule has 0 bridgehead atoms. The normalized spacial score (nSPS) is 11.8. The molecule has 6 heteroatoms. The van der Waals surface area contributed by atoms with Crippen LogP contribution < -0.4 is 5.32 Å². The van der Waals surface area contributed by atoms with Gasteiger partial charge in [0.15, 0.2) is 0 Å². The highest BCUT2D eigenvalue weighted by molar-refractivity contribution is 5.68. The number of aromatic nitrogens is 2. The molecule has 0 saturated carbocycles. The van der Waals surface area contributed by atoms with Crippen LogP contribution in [-0.4, -0.2) is 27.5 Å². The summed E-state index contributed by atoms with van der Waals surface area (Å²) < 4.78 is 0. The standard InChI is InChI=1S/C9H11N3O3/c1-6-10-3-2-7(12-6)8(11-5-13)4-9(14)15/h2-3,5,8H,4H2,1H3,(H,11,13)(H,14,15)/t8-/m0/s1. The second-order valence-corrected chi connectivity index (χ2v) is 2.96. The minimum atomic E-state index is -0.995. The topological polar surface area (TPSA) is 92.2 Å². The minimum absolute atomic E-state index is 0.199. The zero-order valence-corrected chi connectivity index (χ0v) is 8.17. The monoisotopic (exact) mass is 209 g/mol. The van der Waals surface area contributed by atoms with Crippen LogP contribution in [0, 0.1) is 6.92 Å². The molecule has 0 saturated heterocycles. The van der Waals surface area contributed by atoms with E-state index in [0.29, 0.717) is 17.9 Å². The smallest absolute Gasteiger partial charge is 0.305 e. The van der Waals surface area contributed by atoms with Gasteiger partial charge in [0.05, 0.1) is 18.2 Å². The van der Waals surface area contributed by atoms with Gasteiger partial charge in [-0.2, -0.15) is 0 Å². The van der Waals surface area contributed by atoms with Crippen molar-refractivity contribution in [2.24, 2.45) is 0 Å². The van der Waals surface area contributed by atoms with Crippen molar-refractivity contribution in [3.05, 3.63) is 23.8 Å². The van der Waals surface area contributed by atoms with Crippen LogP contribution in [0.5, 0.6) is 0 Å². The van der Waals surface area contributed by atoms with E-state index in [1.807, 2.05) is 0 Å². The Bertz CT molecular complexity index is 367. The number of rotatable bonds is 5. The zero-order valence-electron chi connectivity index (χ0n) is 8.17. The van der Waals surface area contributed by atoms with Gasteiger partial charge in [0.2, 0.25) is 6.41 Å². The first-order valence-electron chi connectivity index (χ1n) is 4.34. The van der Waals surface area contributed by atoms with Crippen LogP contribution in [0.3, 0.4) is 0 Å². The number of aliphatic carboxylic acids is 1. The van der Waals surface area contributed by atoms with Crippen molar-refractivity contribution in [3.8, 4) is 0 Å². The number of carbonyl (C=O) groups excluding carboxylic acids is 1. The number of hydrogen-bond donors (Lipinski definition) is 2. The van der Waals surface area contributed by atoms with Crippen molar-refractivity contribution in [1.29, 1.82) is 0 Å². The number of carbonyl (C=O) groups is 2. The number of aryl methyl sites for hydroxylation is 1. The van der Waals surface area contributed by atoms with Gasteiger partial charge in [0, 0.05) is 6.20 Å².